The van der Waals surface area contributed by atoms with Gasteiger partial charge in [0.15, 0.2) is 5.82 Å². The monoisotopic (exact) mass is 262 g/mol. The van der Waals surface area contributed by atoms with E-state index in [-0.39, 0.29) is 12.0 Å². The molecule has 0 aromatic carbocycles. The molecule has 6 heteroatoms. The Kier molecular flexibility index (Phi) is 2.94. The lowest BCUT2D eigenvalue weighted by molar-refractivity contribution is 0.130. The van der Waals surface area contributed by atoms with Crippen LogP contribution in [0.2, 0.25) is 0 Å². The summed E-state index contributed by atoms with van der Waals surface area (Å²) in [5, 5.41) is 7.24. The molecule has 19 heavy (non-hydrogen) atoms. The van der Waals surface area contributed by atoms with Crippen LogP contribution in [0.15, 0.2) is 18.3 Å². The summed E-state index contributed by atoms with van der Waals surface area (Å²) in [6.07, 6.45) is 1.77. The fourth-order valence-corrected chi connectivity index (χ4v) is 2.06. The summed E-state index contributed by atoms with van der Waals surface area (Å²) in [6, 6.07) is 3.03. The third kappa shape index (κ3) is 2.19. The van der Waals surface area contributed by atoms with Gasteiger partial charge in [0.05, 0.1) is 17.6 Å². The van der Waals surface area contributed by atoms with Gasteiger partial charge in [0, 0.05) is 20.1 Å². The quantitative estimate of drug-likeness (QED) is 0.905. The predicted molar refractivity (Wildman–Crippen MR) is 68.4 cm³/mol. The fraction of sp³-hybridized carbons (Fsp3) is 0.385. The first-order valence-electron chi connectivity index (χ1n) is 6.18. The van der Waals surface area contributed by atoms with E-state index < -0.39 is 5.82 Å². The van der Waals surface area contributed by atoms with Crippen LogP contribution in [0.5, 0.6) is 5.88 Å². The summed E-state index contributed by atoms with van der Waals surface area (Å²) in [7, 11) is 1.84. The molecule has 1 aliphatic heterocycles. The van der Waals surface area contributed by atoms with Crippen molar-refractivity contribution in [3.63, 3.8) is 0 Å². The van der Waals surface area contributed by atoms with Crippen molar-refractivity contribution >= 4 is 0 Å². The van der Waals surface area contributed by atoms with Gasteiger partial charge in [-0.3, -0.25) is 4.68 Å². The van der Waals surface area contributed by atoms with Gasteiger partial charge in [-0.25, -0.2) is 9.37 Å². The first kappa shape index (κ1) is 12.1. The third-order valence-electron chi connectivity index (χ3n) is 3.20. The van der Waals surface area contributed by atoms with Crippen LogP contribution in [-0.4, -0.2) is 34.0 Å². The number of hydrogen-bond donors (Lipinski definition) is 1. The molecule has 5 nitrogen and oxygen atoms in total. The first-order chi connectivity index (χ1) is 9.15. The van der Waals surface area contributed by atoms with Gasteiger partial charge in [-0.1, -0.05) is 0 Å². The van der Waals surface area contributed by atoms with Crippen LogP contribution < -0.4 is 10.1 Å². The van der Waals surface area contributed by atoms with Crippen LogP contribution in [0.4, 0.5) is 4.39 Å². The predicted octanol–water partition coefficient (Wildman–Crippen LogP) is 1.28. The molecule has 0 unspecified atom stereocenters. The SMILES string of the molecule is Cc1cnn(C)c1-c1ccc(F)c(OC2CNC2)n1. The van der Waals surface area contributed by atoms with E-state index in [1.165, 1.54) is 6.07 Å². The van der Waals surface area contributed by atoms with Crippen molar-refractivity contribution in [2.45, 2.75) is 13.0 Å². The maximum absolute atomic E-state index is 13.7. The van der Waals surface area contributed by atoms with Gasteiger partial charge in [-0.2, -0.15) is 5.10 Å². The molecule has 2 aromatic rings. The van der Waals surface area contributed by atoms with Crippen molar-refractivity contribution in [1.29, 1.82) is 0 Å². The number of nitrogens with one attached hydrogen (secondary N) is 1. The van der Waals surface area contributed by atoms with Crippen molar-refractivity contribution in [3.05, 3.63) is 29.7 Å². The minimum atomic E-state index is -0.435. The van der Waals surface area contributed by atoms with Crippen LogP contribution >= 0.6 is 0 Å². The Hall–Kier alpha value is -1.95. The molecule has 100 valence electrons. The lowest BCUT2D eigenvalue weighted by Crippen LogP contribution is -2.50. The summed E-state index contributed by atoms with van der Waals surface area (Å²) in [5.41, 5.74) is 2.54. The van der Waals surface area contributed by atoms with Gasteiger partial charge in [0.2, 0.25) is 0 Å². The highest BCUT2D eigenvalue weighted by molar-refractivity contribution is 5.59. The Morgan fingerprint density at radius 2 is 2.21 bits per heavy atom. The Morgan fingerprint density at radius 3 is 2.79 bits per heavy atom. The van der Waals surface area contributed by atoms with Gasteiger partial charge in [0.25, 0.3) is 5.88 Å². The molecule has 0 saturated carbocycles. The summed E-state index contributed by atoms with van der Waals surface area (Å²) >= 11 is 0. The largest absolute Gasteiger partial charge is 0.470 e. The molecule has 0 amide bonds. The van der Waals surface area contributed by atoms with Crippen LogP contribution in [0.25, 0.3) is 11.4 Å². The molecular formula is C13H15FN4O. The topological polar surface area (TPSA) is 52.0 Å². The molecule has 1 N–H and O–H groups in total. The normalized spacial score (nSPS) is 15.3. The van der Waals surface area contributed by atoms with Crippen LogP contribution in [0.1, 0.15) is 5.56 Å². The molecular weight excluding hydrogens is 247 g/mol. The summed E-state index contributed by atoms with van der Waals surface area (Å²) < 4.78 is 21.0. The number of halogens is 1. The highest BCUT2D eigenvalue weighted by Crippen LogP contribution is 2.25. The van der Waals surface area contributed by atoms with Gasteiger partial charge < -0.3 is 10.1 Å². The zero-order valence-corrected chi connectivity index (χ0v) is 10.9. The number of nitrogens with zero attached hydrogens (tertiary/aromatic N) is 3. The minimum Gasteiger partial charge on any atom is -0.470 e. The van der Waals surface area contributed by atoms with Crippen molar-refractivity contribution < 1.29 is 9.13 Å². The number of rotatable bonds is 3. The maximum atomic E-state index is 13.7. The lowest BCUT2D eigenvalue weighted by Gasteiger charge is -2.27. The first-order valence-corrected chi connectivity index (χ1v) is 6.18. The zero-order chi connectivity index (χ0) is 13.4. The summed E-state index contributed by atoms with van der Waals surface area (Å²) in [5.74, 6) is -0.375. The molecule has 3 heterocycles. The standard InChI is InChI=1S/C13H15FN4O/c1-8-5-16-18(2)12(8)11-4-3-10(14)13(17-11)19-9-6-15-7-9/h3-5,9,15H,6-7H2,1-2H3. The number of aromatic nitrogens is 3. The second kappa shape index (κ2) is 4.62. The molecule has 2 aromatic heterocycles. The highest BCUT2D eigenvalue weighted by atomic mass is 19.1. The lowest BCUT2D eigenvalue weighted by atomic mass is 10.2. The van der Waals surface area contributed by atoms with Gasteiger partial charge in [-0.15, -0.1) is 0 Å². The minimum absolute atomic E-state index is 0.00452. The molecule has 1 aliphatic rings. The van der Waals surface area contributed by atoms with Crippen molar-refractivity contribution in [1.82, 2.24) is 20.1 Å². The molecule has 1 saturated heterocycles. The molecule has 0 spiro atoms. The van der Waals surface area contributed by atoms with E-state index in [9.17, 15) is 4.39 Å². The van der Waals surface area contributed by atoms with Gasteiger partial charge >= 0.3 is 0 Å². The smallest absolute Gasteiger partial charge is 0.251 e. The maximum Gasteiger partial charge on any atom is 0.251 e. The highest BCUT2D eigenvalue weighted by Gasteiger charge is 2.21. The van der Waals surface area contributed by atoms with Crippen LogP contribution in [0.3, 0.4) is 0 Å². The van der Waals surface area contributed by atoms with E-state index in [1.807, 2.05) is 14.0 Å². The number of pyridine rings is 1. The fourth-order valence-electron chi connectivity index (χ4n) is 2.06. The van der Waals surface area contributed by atoms with Gasteiger partial charge in [-0.05, 0) is 24.6 Å². The second-order valence-electron chi connectivity index (χ2n) is 4.68. The Labute approximate surface area is 110 Å². The third-order valence-corrected chi connectivity index (χ3v) is 3.20. The van der Waals surface area contributed by atoms with Crippen LogP contribution in [-0.2, 0) is 7.05 Å². The van der Waals surface area contributed by atoms with Gasteiger partial charge in [0.1, 0.15) is 6.10 Å². The Balaban J connectivity index is 1.96. The van der Waals surface area contributed by atoms with E-state index in [0.29, 0.717) is 5.69 Å². The average Bonchev–Trinajstić information content (AvgIpc) is 2.66. The Morgan fingerprint density at radius 1 is 1.42 bits per heavy atom. The van der Waals surface area contributed by atoms with E-state index in [1.54, 1.807) is 16.9 Å². The molecule has 1 fully saturated rings. The molecule has 0 atom stereocenters. The number of aryl methyl sites for hydroxylation is 2. The van der Waals surface area contributed by atoms with E-state index in [4.69, 9.17) is 4.74 Å². The van der Waals surface area contributed by atoms with E-state index in [2.05, 4.69) is 15.4 Å². The van der Waals surface area contributed by atoms with Crippen LogP contribution in [0, 0.1) is 12.7 Å². The molecule has 3 rings (SSSR count). The summed E-state index contributed by atoms with van der Waals surface area (Å²) in [4.78, 5) is 4.27. The summed E-state index contributed by atoms with van der Waals surface area (Å²) in [6.45, 7) is 3.41. The molecule has 0 bridgehead atoms. The Bertz CT molecular complexity index is 587. The molecule has 0 aliphatic carbocycles. The van der Waals surface area contributed by atoms with E-state index in [0.717, 1.165) is 24.3 Å². The second-order valence-corrected chi connectivity index (χ2v) is 4.68. The molecule has 0 radical (unpaired) electrons. The van der Waals surface area contributed by atoms with Crippen molar-refractivity contribution in [3.8, 4) is 17.3 Å². The van der Waals surface area contributed by atoms with Crippen molar-refractivity contribution in [2.24, 2.45) is 7.05 Å². The average molecular weight is 262 g/mol. The number of ether oxygens (including phenoxy) is 1. The number of hydrogen-bond acceptors (Lipinski definition) is 4. The van der Waals surface area contributed by atoms with Crippen molar-refractivity contribution in [2.75, 3.05) is 13.1 Å². The zero-order valence-electron chi connectivity index (χ0n) is 10.9. The van der Waals surface area contributed by atoms with E-state index >= 15 is 0 Å².